The van der Waals surface area contributed by atoms with Crippen molar-refractivity contribution in [2.75, 3.05) is 6.54 Å². The van der Waals surface area contributed by atoms with Gasteiger partial charge in [-0.2, -0.15) is 0 Å². The molecular formula is C16H19NS. The zero-order valence-electron chi connectivity index (χ0n) is 10.7. The van der Waals surface area contributed by atoms with Crippen molar-refractivity contribution in [1.29, 1.82) is 0 Å². The van der Waals surface area contributed by atoms with E-state index in [0.717, 1.165) is 13.1 Å². The fourth-order valence-electron chi connectivity index (χ4n) is 1.71. The Balaban J connectivity index is 1.91. The highest BCUT2D eigenvalue weighted by atomic mass is 32.2. The lowest BCUT2D eigenvalue weighted by molar-refractivity contribution is 0.675. The Morgan fingerprint density at radius 3 is 2.22 bits per heavy atom. The summed E-state index contributed by atoms with van der Waals surface area (Å²) in [5.74, 6) is 0. The van der Waals surface area contributed by atoms with E-state index in [0.29, 0.717) is 0 Å². The first-order chi connectivity index (χ1) is 8.88. The minimum absolute atomic E-state index is 0.962. The molecule has 0 radical (unpaired) electrons. The van der Waals surface area contributed by atoms with Gasteiger partial charge >= 0.3 is 0 Å². The number of hydrogen-bond acceptors (Lipinski definition) is 2. The van der Waals surface area contributed by atoms with Crippen LogP contribution in [0.1, 0.15) is 18.9 Å². The van der Waals surface area contributed by atoms with Crippen molar-refractivity contribution in [1.82, 2.24) is 5.32 Å². The summed E-state index contributed by atoms with van der Waals surface area (Å²) in [5, 5.41) is 3.41. The van der Waals surface area contributed by atoms with Gasteiger partial charge in [-0.15, -0.1) is 0 Å². The highest BCUT2D eigenvalue weighted by molar-refractivity contribution is 7.99. The number of benzene rings is 2. The predicted molar refractivity (Wildman–Crippen MR) is 79.0 cm³/mol. The molecule has 18 heavy (non-hydrogen) atoms. The molecule has 0 spiro atoms. The summed E-state index contributed by atoms with van der Waals surface area (Å²) in [6.07, 6.45) is 1.18. The lowest BCUT2D eigenvalue weighted by Gasteiger charge is -2.05. The normalized spacial score (nSPS) is 10.5. The van der Waals surface area contributed by atoms with E-state index in [9.17, 15) is 0 Å². The maximum Gasteiger partial charge on any atom is 0.0205 e. The van der Waals surface area contributed by atoms with E-state index in [1.807, 2.05) is 6.07 Å². The van der Waals surface area contributed by atoms with Gasteiger partial charge in [0, 0.05) is 16.3 Å². The third-order valence-electron chi connectivity index (χ3n) is 2.66. The molecule has 0 unspecified atom stereocenters. The number of rotatable bonds is 6. The van der Waals surface area contributed by atoms with Crippen molar-refractivity contribution in [2.45, 2.75) is 29.7 Å². The van der Waals surface area contributed by atoms with Crippen molar-refractivity contribution in [3.05, 3.63) is 60.2 Å². The molecule has 0 bridgehead atoms. The Labute approximate surface area is 114 Å². The van der Waals surface area contributed by atoms with Crippen molar-refractivity contribution >= 4 is 11.8 Å². The van der Waals surface area contributed by atoms with Gasteiger partial charge < -0.3 is 5.32 Å². The van der Waals surface area contributed by atoms with Gasteiger partial charge in [-0.3, -0.25) is 0 Å². The molecule has 1 N–H and O–H groups in total. The highest BCUT2D eigenvalue weighted by Crippen LogP contribution is 2.27. The van der Waals surface area contributed by atoms with Gasteiger partial charge in [0.15, 0.2) is 0 Å². The van der Waals surface area contributed by atoms with E-state index < -0.39 is 0 Å². The van der Waals surface area contributed by atoms with Gasteiger partial charge in [0.05, 0.1) is 0 Å². The molecule has 94 valence electrons. The summed E-state index contributed by atoms with van der Waals surface area (Å²) in [6.45, 7) is 4.23. The summed E-state index contributed by atoms with van der Waals surface area (Å²) in [5.41, 5.74) is 1.35. The zero-order chi connectivity index (χ0) is 12.6. The van der Waals surface area contributed by atoms with Crippen molar-refractivity contribution < 1.29 is 0 Å². The summed E-state index contributed by atoms with van der Waals surface area (Å²) in [7, 11) is 0. The van der Waals surface area contributed by atoms with Crippen LogP contribution in [0, 0.1) is 0 Å². The second-order valence-electron chi connectivity index (χ2n) is 4.24. The Morgan fingerprint density at radius 1 is 0.889 bits per heavy atom. The molecule has 0 aliphatic heterocycles. The SMILES string of the molecule is CCCNCc1ccc(Sc2ccccc2)cc1. The molecule has 2 aromatic carbocycles. The molecule has 0 amide bonds. The molecule has 1 nitrogen and oxygen atoms in total. The quantitative estimate of drug-likeness (QED) is 0.773. The summed E-state index contributed by atoms with van der Waals surface area (Å²) in [4.78, 5) is 2.58. The lowest BCUT2D eigenvalue weighted by atomic mass is 10.2. The van der Waals surface area contributed by atoms with E-state index in [1.165, 1.54) is 21.8 Å². The Bertz CT molecular complexity index is 450. The number of nitrogens with one attached hydrogen (secondary N) is 1. The van der Waals surface area contributed by atoms with E-state index in [-0.39, 0.29) is 0 Å². The average Bonchev–Trinajstić information content (AvgIpc) is 2.42. The molecule has 0 heterocycles. The van der Waals surface area contributed by atoms with Crippen molar-refractivity contribution in [3.63, 3.8) is 0 Å². The van der Waals surface area contributed by atoms with E-state index in [4.69, 9.17) is 0 Å². The maximum absolute atomic E-state index is 3.41. The molecule has 0 aliphatic carbocycles. The average molecular weight is 257 g/mol. The first kappa shape index (κ1) is 13.2. The third kappa shape index (κ3) is 4.21. The lowest BCUT2D eigenvalue weighted by Crippen LogP contribution is -2.13. The fraction of sp³-hybridized carbons (Fsp3) is 0.250. The predicted octanol–water partition coefficient (Wildman–Crippen LogP) is 4.34. The smallest absolute Gasteiger partial charge is 0.0205 e. The van der Waals surface area contributed by atoms with Gasteiger partial charge in [-0.05, 0) is 42.8 Å². The van der Waals surface area contributed by atoms with Crippen LogP contribution < -0.4 is 5.32 Å². The zero-order valence-corrected chi connectivity index (χ0v) is 11.5. The minimum atomic E-state index is 0.962. The molecule has 0 aromatic heterocycles. The maximum atomic E-state index is 3.41. The summed E-state index contributed by atoms with van der Waals surface area (Å²) >= 11 is 1.80. The Morgan fingerprint density at radius 2 is 1.56 bits per heavy atom. The van der Waals surface area contributed by atoms with Crippen LogP contribution in [-0.4, -0.2) is 6.54 Å². The van der Waals surface area contributed by atoms with Crippen LogP contribution in [0.25, 0.3) is 0 Å². The molecule has 2 heteroatoms. The van der Waals surface area contributed by atoms with Crippen LogP contribution in [0.5, 0.6) is 0 Å². The first-order valence-electron chi connectivity index (χ1n) is 6.41. The summed E-state index contributed by atoms with van der Waals surface area (Å²) < 4.78 is 0. The van der Waals surface area contributed by atoms with E-state index in [1.54, 1.807) is 11.8 Å². The van der Waals surface area contributed by atoms with E-state index in [2.05, 4.69) is 60.8 Å². The summed E-state index contributed by atoms with van der Waals surface area (Å²) in [6, 6.07) is 19.3. The first-order valence-corrected chi connectivity index (χ1v) is 7.22. The van der Waals surface area contributed by atoms with Gasteiger partial charge in [0.2, 0.25) is 0 Å². The van der Waals surface area contributed by atoms with Crippen LogP contribution in [0.3, 0.4) is 0 Å². The topological polar surface area (TPSA) is 12.0 Å². The highest BCUT2D eigenvalue weighted by Gasteiger charge is 1.97. The second kappa shape index (κ2) is 7.24. The second-order valence-corrected chi connectivity index (χ2v) is 5.38. The standard InChI is InChI=1S/C16H19NS/c1-2-12-17-13-14-8-10-16(11-9-14)18-15-6-4-3-5-7-15/h3-11,17H,2,12-13H2,1H3. The molecule has 0 atom stereocenters. The molecule has 0 saturated heterocycles. The molecule has 0 saturated carbocycles. The molecule has 2 aromatic rings. The molecule has 2 rings (SSSR count). The van der Waals surface area contributed by atoms with Crippen LogP contribution >= 0.6 is 11.8 Å². The molecular weight excluding hydrogens is 238 g/mol. The number of hydrogen-bond donors (Lipinski definition) is 1. The Kier molecular flexibility index (Phi) is 5.31. The molecule has 0 aliphatic rings. The van der Waals surface area contributed by atoms with Crippen LogP contribution in [0.2, 0.25) is 0 Å². The van der Waals surface area contributed by atoms with Gasteiger partial charge in [-0.1, -0.05) is 49.0 Å². The van der Waals surface area contributed by atoms with Crippen molar-refractivity contribution in [3.8, 4) is 0 Å². The van der Waals surface area contributed by atoms with Crippen LogP contribution in [0.4, 0.5) is 0 Å². The minimum Gasteiger partial charge on any atom is -0.313 e. The molecule has 0 fully saturated rings. The van der Waals surface area contributed by atoms with Gasteiger partial charge in [-0.25, -0.2) is 0 Å². The largest absolute Gasteiger partial charge is 0.313 e. The Hall–Kier alpha value is -1.25. The third-order valence-corrected chi connectivity index (χ3v) is 3.67. The van der Waals surface area contributed by atoms with Gasteiger partial charge in [0.25, 0.3) is 0 Å². The monoisotopic (exact) mass is 257 g/mol. The van der Waals surface area contributed by atoms with Crippen LogP contribution in [0.15, 0.2) is 64.4 Å². The van der Waals surface area contributed by atoms with Crippen molar-refractivity contribution in [2.24, 2.45) is 0 Å². The van der Waals surface area contributed by atoms with Crippen LogP contribution in [-0.2, 0) is 6.54 Å². The van der Waals surface area contributed by atoms with E-state index >= 15 is 0 Å². The fourth-order valence-corrected chi connectivity index (χ4v) is 2.55. The van der Waals surface area contributed by atoms with Gasteiger partial charge in [0.1, 0.15) is 0 Å².